The molecule has 1 aromatic heterocycles. The summed E-state index contributed by atoms with van der Waals surface area (Å²) in [4.78, 5) is 12.0. The van der Waals surface area contributed by atoms with E-state index in [0.717, 1.165) is 5.56 Å². The Bertz CT molecular complexity index is 963. The van der Waals surface area contributed by atoms with Crippen LogP contribution in [0.1, 0.15) is 12.5 Å². The van der Waals surface area contributed by atoms with Crippen LogP contribution >= 0.6 is 0 Å². The zero-order valence-corrected chi connectivity index (χ0v) is 15.3. The second-order valence-corrected chi connectivity index (χ2v) is 5.74. The molecule has 1 N–H and O–H groups in total. The van der Waals surface area contributed by atoms with Crippen LogP contribution in [0.15, 0.2) is 60.7 Å². The molecule has 0 radical (unpaired) electrons. The number of nitrogens with zero attached hydrogens (tertiary/aromatic N) is 3. The Labute approximate surface area is 162 Å². The fraction of sp³-hybridized carbons (Fsp3) is 0.143. The van der Waals surface area contributed by atoms with Gasteiger partial charge in [-0.05, 0) is 49.4 Å². The number of amides is 1. The zero-order chi connectivity index (χ0) is 19.8. The molecular weight excluding hydrogens is 356 g/mol. The first-order valence-corrected chi connectivity index (χ1v) is 8.67. The lowest BCUT2D eigenvalue weighted by molar-refractivity contribution is -0.118. The summed E-state index contributed by atoms with van der Waals surface area (Å²) >= 11 is 0. The number of nitrogens with one attached hydrogen (secondary N) is 1. The highest BCUT2D eigenvalue weighted by atomic mass is 16.5. The number of hydrogen-bond acceptors (Lipinski definition) is 6. The van der Waals surface area contributed by atoms with Crippen LogP contribution in [0.2, 0.25) is 0 Å². The van der Waals surface area contributed by atoms with Crippen LogP contribution in [0.3, 0.4) is 0 Å². The zero-order valence-electron chi connectivity index (χ0n) is 15.3. The number of nitriles is 1. The third-order valence-corrected chi connectivity index (χ3v) is 3.75. The van der Waals surface area contributed by atoms with E-state index in [0.29, 0.717) is 35.2 Å². The largest absolute Gasteiger partial charge is 0.484 e. The van der Waals surface area contributed by atoms with Gasteiger partial charge in [-0.15, -0.1) is 10.2 Å². The number of aromatic nitrogens is 2. The summed E-state index contributed by atoms with van der Waals surface area (Å²) in [5.74, 6) is 0.730. The standard InChI is InChI=1S/C21H18N4O3/c1-2-27-21-12-11-19(24-25-21)16-5-7-17(8-6-16)23-20(26)14-28-18-9-3-15(13-22)4-10-18/h3-12H,2,14H2,1H3,(H,23,26). The van der Waals surface area contributed by atoms with Gasteiger partial charge in [0.2, 0.25) is 5.88 Å². The Hall–Kier alpha value is -3.92. The van der Waals surface area contributed by atoms with Gasteiger partial charge in [0, 0.05) is 17.3 Å². The second kappa shape index (κ2) is 9.14. The van der Waals surface area contributed by atoms with Crippen molar-refractivity contribution in [3.05, 3.63) is 66.2 Å². The van der Waals surface area contributed by atoms with E-state index in [2.05, 4.69) is 15.5 Å². The van der Waals surface area contributed by atoms with E-state index in [4.69, 9.17) is 14.7 Å². The molecule has 0 saturated heterocycles. The molecule has 0 unspecified atom stereocenters. The van der Waals surface area contributed by atoms with Gasteiger partial charge >= 0.3 is 0 Å². The summed E-state index contributed by atoms with van der Waals surface area (Å²) in [6.07, 6.45) is 0. The van der Waals surface area contributed by atoms with E-state index >= 15 is 0 Å². The van der Waals surface area contributed by atoms with Crippen molar-refractivity contribution in [2.24, 2.45) is 0 Å². The lowest BCUT2D eigenvalue weighted by Gasteiger charge is -2.08. The number of carbonyl (C=O) groups excluding carboxylic acids is 1. The molecule has 0 aliphatic carbocycles. The molecule has 7 nitrogen and oxygen atoms in total. The van der Waals surface area contributed by atoms with Gasteiger partial charge < -0.3 is 14.8 Å². The number of hydrogen-bond donors (Lipinski definition) is 1. The summed E-state index contributed by atoms with van der Waals surface area (Å²) < 4.78 is 10.7. The number of benzene rings is 2. The molecule has 0 aliphatic rings. The van der Waals surface area contributed by atoms with Crippen molar-refractivity contribution >= 4 is 11.6 Å². The van der Waals surface area contributed by atoms with Crippen LogP contribution < -0.4 is 14.8 Å². The van der Waals surface area contributed by atoms with Crippen molar-refractivity contribution in [1.82, 2.24) is 10.2 Å². The first-order valence-electron chi connectivity index (χ1n) is 8.67. The fourth-order valence-electron chi connectivity index (χ4n) is 2.39. The minimum absolute atomic E-state index is 0.127. The van der Waals surface area contributed by atoms with Gasteiger partial charge in [0.25, 0.3) is 5.91 Å². The Morgan fingerprint density at radius 3 is 2.36 bits per heavy atom. The van der Waals surface area contributed by atoms with Crippen LogP contribution in [0.25, 0.3) is 11.3 Å². The number of anilines is 1. The smallest absolute Gasteiger partial charge is 0.262 e. The van der Waals surface area contributed by atoms with Gasteiger partial charge in [0.15, 0.2) is 6.61 Å². The minimum Gasteiger partial charge on any atom is -0.484 e. The highest BCUT2D eigenvalue weighted by Gasteiger charge is 2.06. The molecule has 3 aromatic rings. The molecule has 7 heteroatoms. The average Bonchev–Trinajstić information content (AvgIpc) is 2.74. The van der Waals surface area contributed by atoms with E-state index in [1.807, 2.05) is 31.2 Å². The van der Waals surface area contributed by atoms with Crippen molar-refractivity contribution in [1.29, 1.82) is 5.26 Å². The van der Waals surface area contributed by atoms with Crippen LogP contribution in [0.4, 0.5) is 5.69 Å². The van der Waals surface area contributed by atoms with Crippen LogP contribution in [0.5, 0.6) is 11.6 Å². The quantitative estimate of drug-likeness (QED) is 0.680. The lowest BCUT2D eigenvalue weighted by Crippen LogP contribution is -2.20. The summed E-state index contributed by atoms with van der Waals surface area (Å²) in [6, 6.07) is 19.5. The first-order chi connectivity index (χ1) is 13.7. The molecule has 0 fully saturated rings. The van der Waals surface area contributed by atoms with Crippen LogP contribution in [-0.4, -0.2) is 29.3 Å². The van der Waals surface area contributed by atoms with E-state index in [1.54, 1.807) is 42.5 Å². The molecule has 140 valence electrons. The first kappa shape index (κ1) is 18.9. The number of ether oxygens (including phenoxy) is 2. The van der Waals surface area contributed by atoms with Gasteiger partial charge in [-0.2, -0.15) is 5.26 Å². The Kier molecular flexibility index (Phi) is 6.16. The minimum atomic E-state index is -0.280. The fourth-order valence-corrected chi connectivity index (χ4v) is 2.39. The van der Waals surface area contributed by atoms with Crippen molar-refractivity contribution in [2.45, 2.75) is 6.92 Å². The van der Waals surface area contributed by atoms with Crippen molar-refractivity contribution in [3.8, 4) is 29.0 Å². The third kappa shape index (κ3) is 5.05. The van der Waals surface area contributed by atoms with Crippen molar-refractivity contribution in [2.75, 3.05) is 18.5 Å². The van der Waals surface area contributed by atoms with Crippen molar-refractivity contribution in [3.63, 3.8) is 0 Å². The highest BCUT2D eigenvalue weighted by Crippen LogP contribution is 2.20. The van der Waals surface area contributed by atoms with Crippen molar-refractivity contribution < 1.29 is 14.3 Å². The van der Waals surface area contributed by atoms with Crippen LogP contribution in [0, 0.1) is 11.3 Å². The molecule has 0 bridgehead atoms. The van der Waals surface area contributed by atoms with Gasteiger partial charge in [-0.3, -0.25) is 4.79 Å². The third-order valence-electron chi connectivity index (χ3n) is 3.75. The molecule has 0 aliphatic heterocycles. The van der Waals surface area contributed by atoms with E-state index < -0.39 is 0 Å². The highest BCUT2D eigenvalue weighted by molar-refractivity contribution is 5.92. The number of rotatable bonds is 7. The van der Waals surface area contributed by atoms with Gasteiger partial charge in [0.1, 0.15) is 5.75 Å². The van der Waals surface area contributed by atoms with E-state index in [9.17, 15) is 4.79 Å². The molecule has 28 heavy (non-hydrogen) atoms. The van der Waals surface area contributed by atoms with E-state index in [1.165, 1.54) is 0 Å². The van der Waals surface area contributed by atoms with E-state index in [-0.39, 0.29) is 12.5 Å². The SMILES string of the molecule is CCOc1ccc(-c2ccc(NC(=O)COc3ccc(C#N)cc3)cc2)nn1. The second-order valence-electron chi connectivity index (χ2n) is 5.74. The van der Waals surface area contributed by atoms with Gasteiger partial charge in [-0.25, -0.2) is 0 Å². The molecular formula is C21H18N4O3. The molecule has 0 saturated carbocycles. The summed E-state index contributed by atoms with van der Waals surface area (Å²) in [6.45, 7) is 2.30. The molecule has 0 spiro atoms. The molecule has 2 aromatic carbocycles. The predicted molar refractivity (Wildman–Crippen MR) is 104 cm³/mol. The Morgan fingerprint density at radius 1 is 1.00 bits per heavy atom. The monoisotopic (exact) mass is 374 g/mol. The maximum absolute atomic E-state index is 12.0. The molecule has 3 rings (SSSR count). The molecule has 1 heterocycles. The number of carbonyl (C=O) groups is 1. The average molecular weight is 374 g/mol. The normalized spacial score (nSPS) is 10.0. The summed E-state index contributed by atoms with van der Waals surface area (Å²) in [5, 5.41) is 19.7. The summed E-state index contributed by atoms with van der Waals surface area (Å²) in [5.41, 5.74) is 2.78. The predicted octanol–water partition coefficient (Wildman–Crippen LogP) is 3.43. The van der Waals surface area contributed by atoms with Gasteiger partial charge in [0.05, 0.1) is 23.9 Å². The van der Waals surface area contributed by atoms with Crippen LogP contribution in [-0.2, 0) is 4.79 Å². The molecule has 0 atom stereocenters. The Balaban J connectivity index is 1.54. The summed E-state index contributed by atoms with van der Waals surface area (Å²) in [7, 11) is 0. The molecule has 1 amide bonds. The maximum atomic E-state index is 12.0. The maximum Gasteiger partial charge on any atom is 0.262 e. The Morgan fingerprint density at radius 2 is 1.75 bits per heavy atom. The van der Waals surface area contributed by atoms with Gasteiger partial charge in [-0.1, -0.05) is 12.1 Å². The lowest BCUT2D eigenvalue weighted by atomic mass is 10.1. The topological polar surface area (TPSA) is 97.1 Å².